The molecule has 2 unspecified atom stereocenters. The van der Waals surface area contributed by atoms with Gasteiger partial charge in [-0.2, -0.15) is 0 Å². The van der Waals surface area contributed by atoms with Gasteiger partial charge in [-0.1, -0.05) is 38.3 Å². The van der Waals surface area contributed by atoms with E-state index in [1.165, 1.54) is 53.7 Å². The third-order valence-electron chi connectivity index (χ3n) is 4.59. The topological polar surface area (TPSA) is 24.9 Å². The third-order valence-corrected chi connectivity index (χ3v) is 5.65. The van der Waals surface area contributed by atoms with E-state index < -0.39 is 0 Å². The normalized spacial score (nSPS) is 23.3. The highest BCUT2D eigenvalue weighted by molar-refractivity contribution is 7.18. The molecule has 2 aromatic rings. The Bertz CT molecular complexity index is 530. The van der Waals surface area contributed by atoms with Gasteiger partial charge >= 0.3 is 0 Å². The van der Waals surface area contributed by atoms with Crippen molar-refractivity contribution in [2.24, 2.45) is 5.92 Å². The smallest absolute Gasteiger partial charge is 0.0941 e. The molecule has 3 rings (SSSR count). The molecule has 2 atom stereocenters. The van der Waals surface area contributed by atoms with Crippen molar-refractivity contribution in [3.8, 4) is 0 Å². The van der Waals surface area contributed by atoms with Crippen LogP contribution < -0.4 is 5.32 Å². The molecular weight excluding hydrogens is 276 g/mol. The van der Waals surface area contributed by atoms with Gasteiger partial charge in [-0.3, -0.25) is 0 Å². The number of fused-ring (bicyclic) bond motifs is 1. The predicted octanol–water partition coefficient (Wildman–Crippen LogP) is 4.79. The number of benzene rings is 1. The van der Waals surface area contributed by atoms with Crippen LogP contribution in [0.25, 0.3) is 10.2 Å². The second-order valence-corrected chi connectivity index (χ2v) is 7.35. The highest BCUT2D eigenvalue weighted by Crippen LogP contribution is 2.30. The molecule has 0 aliphatic heterocycles. The summed E-state index contributed by atoms with van der Waals surface area (Å²) in [6.45, 7) is 3.41. The minimum Gasteiger partial charge on any atom is -0.314 e. The zero-order chi connectivity index (χ0) is 14.5. The largest absolute Gasteiger partial charge is 0.314 e. The van der Waals surface area contributed by atoms with Crippen molar-refractivity contribution in [2.45, 2.75) is 57.9 Å². The summed E-state index contributed by atoms with van der Waals surface area (Å²) >= 11 is 1.88. The van der Waals surface area contributed by atoms with E-state index in [2.05, 4.69) is 36.5 Å². The van der Waals surface area contributed by atoms with E-state index in [0.29, 0.717) is 6.04 Å². The first-order valence-electron chi connectivity index (χ1n) is 8.44. The summed E-state index contributed by atoms with van der Waals surface area (Å²) in [5.41, 5.74) is 1.17. The van der Waals surface area contributed by atoms with Crippen molar-refractivity contribution >= 4 is 21.6 Å². The van der Waals surface area contributed by atoms with Crippen molar-refractivity contribution in [3.05, 3.63) is 29.3 Å². The molecule has 0 radical (unpaired) electrons. The second-order valence-electron chi connectivity index (χ2n) is 6.24. The Morgan fingerprint density at radius 3 is 2.90 bits per heavy atom. The minimum absolute atomic E-state index is 0.694. The van der Waals surface area contributed by atoms with E-state index in [-0.39, 0.29) is 0 Å². The van der Waals surface area contributed by atoms with Gasteiger partial charge in [0.15, 0.2) is 0 Å². The second kappa shape index (κ2) is 7.37. The van der Waals surface area contributed by atoms with Crippen molar-refractivity contribution in [3.63, 3.8) is 0 Å². The first-order valence-corrected chi connectivity index (χ1v) is 9.26. The number of thiazole rings is 1. The molecule has 3 heteroatoms. The Morgan fingerprint density at radius 1 is 1.19 bits per heavy atom. The van der Waals surface area contributed by atoms with Crippen LogP contribution in [0.4, 0.5) is 0 Å². The van der Waals surface area contributed by atoms with Gasteiger partial charge in [0.05, 0.1) is 15.2 Å². The Labute approximate surface area is 132 Å². The van der Waals surface area contributed by atoms with Gasteiger partial charge in [0, 0.05) is 12.5 Å². The average molecular weight is 302 g/mol. The molecule has 1 aliphatic carbocycles. The van der Waals surface area contributed by atoms with Crippen molar-refractivity contribution in [1.82, 2.24) is 10.3 Å². The minimum atomic E-state index is 0.694. The number of para-hydroxylation sites is 1. The van der Waals surface area contributed by atoms with E-state index in [0.717, 1.165) is 18.9 Å². The first kappa shape index (κ1) is 15.0. The SMILES string of the molecule is CCCNC1CCCCCC1Cc1nc2ccccc2s1. The number of aromatic nitrogens is 1. The zero-order valence-corrected chi connectivity index (χ0v) is 13.8. The zero-order valence-electron chi connectivity index (χ0n) is 13.0. The van der Waals surface area contributed by atoms with Crippen LogP contribution in [0.15, 0.2) is 24.3 Å². The van der Waals surface area contributed by atoms with Crippen LogP contribution in [0, 0.1) is 5.92 Å². The summed E-state index contributed by atoms with van der Waals surface area (Å²) < 4.78 is 1.33. The molecule has 1 aliphatic rings. The Kier molecular flexibility index (Phi) is 5.26. The van der Waals surface area contributed by atoms with E-state index in [1.54, 1.807) is 0 Å². The maximum atomic E-state index is 4.84. The summed E-state index contributed by atoms with van der Waals surface area (Å²) in [6.07, 6.45) is 9.26. The molecular formula is C18H26N2S. The lowest BCUT2D eigenvalue weighted by atomic mass is 9.91. The molecule has 1 heterocycles. The van der Waals surface area contributed by atoms with Crippen LogP contribution in [0.2, 0.25) is 0 Å². The van der Waals surface area contributed by atoms with Crippen LogP contribution in [0.3, 0.4) is 0 Å². The van der Waals surface area contributed by atoms with Gasteiger partial charge in [-0.15, -0.1) is 11.3 Å². The fourth-order valence-corrected chi connectivity index (χ4v) is 4.52. The molecule has 1 N–H and O–H groups in total. The van der Waals surface area contributed by atoms with Gasteiger partial charge in [0.25, 0.3) is 0 Å². The summed E-state index contributed by atoms with van der Waals surface area (Å²) in [5, 5.41) is 5.12. The number of rotatable bonds is 5. The van der Waals surface area contributed by atoms with Gasteiger partial charge < -0.3 is 5.32 Å². The summed E-state index contributed by atoms with van der Waals surface area (Å²) in [6, 6.07) is 9.22. The fourth-order valence-electron chi connectivity index (χ4n) is 3.46. The van der Waals surface area contributed by atoms with Crippen molar-refractivity contribution in [2.75, 3.05) is 6.54 Å². The van der Waals surface area contributed by atoms with Crippen LogP contribution in [-0.4, -0.2) is 17.6 Å². The lowest BCUT2D eigenvalue weighted by Crippen LogP contribution is -2.37. The van der Waals surface area contributed by atoms with Crippen LogP contribution in [-0.2, 0) is 6.42 Å². The molecule has 1 fully saturated rings. The van der Waals surface area contributed by atoms with E-state index in [1.807, 2.05) is 11.3 Å². The molecule has 21 heavy (non-hydrogen) atoms. The number of hydrogen-bond acceptors (Lipinski definition) is 3. The Morgan fingerprint density at radius 2 is 2.05 bits per heavy atom. The van der Waals surface area contributed by atoms with Crippen molar-refractivity contribution in [1.29, 1.82) is 0 Å². The number of nitrogens with zero attached hydrogens (tertiary/aromatic N) is 1. The van der Waals surface area contributed by atoms with E-state index >= 15 is 0 Å². The highest BCUT2D eigenvalue weighted by Gasteiger charge is 2.24. The Hall–Kier alpha value is -0.930. The van der Waals surface area contributed by atoms with Crippen molar-refractivity contribution < 1.29 is 0 Å². The van der Waals surface area contributed by atoms with Gasteiger partial charge in [-0.05, 0) is 43.9 Å². The molecule has 1 saturated carbocycles. The van der Waals surface area contributed by atoms with E-state index in [9.17, 15) is 0 Å². The van der Waals surface area contributed by atoms with Gasteiger partial charge in [0.1, 0.15) is 0 Å². The highest BCUT2D eigenvalue weighted by atomic mass is 32.1. The third kappa shape index (κ3) is 3.83. The first-order chi connectivity index (χ1) is 10.4. The molecule has 1 aromatic carbocycles. The maximum Gasteiger partial charge on any atom is 0.0941 e. The molecule has 1 aromatic heterocycles. The van der Waals surface area contributed by atoms with Gasteiger partial charge in [-0.25, -0.2) is 4.98 Å². The quantitative estimate of drug-likeness (QED) is 0.803. The van der Waals surface area contributed by atoms with Crippen LogP contribution >= 0.6 is 11.3 Å². The summed E-state index contributed by atoms with van der Waals surface area (Å²) in [7, 11) is 0. The summed E-state index contributed by atoms with van der Waals surface area (Å²) in [5.74, 6) is 0.764. The standard InChI is InChI=1S/C18H26N2S/c1-2-12-19-15-9-5-3-4-8-14(15)13-18-20-16-10-6-7-11-17(16)21-18/h6-7,10-11,14-15,19H,2-5,8-9,12-13H2,1H3. The molecule has 2 nitrogen and oxygen atoms in total. The van der Waals surface area contributed by atoms with Crippen LogP contribution in [0.1, 0.15) is 50.5 Å². The van der Waals surface area contributed by atoms with E-state index in [4.69, 9.17) is 4.98 Å². The number of nitrogens with one attached hydrogen (secondary N) is 1. The maximum absolute atomic E-state index is 4.84. The molecule has 0 bridgehead atoms. The van der Waals surface area contributed by atoms with Gasteiger partial charge in [0.2, 0.25) is 0 Å². The lowest BCUT2D eigenvalue weighted by molar-refractivity contribution is 0.332. The average Bonchev–Trinajstić information content (AvgIpc) is 2.78. The lowest BCUT2D eigenvalue weighted by Gasteiger charge is -2.25. The summed E-state index contributed by atoms with van der Waals surface area (Å²) in [4.78, 5) is 4.84. The van der Waals surface area contributed by atoms with Crippen LogP contribution in [0.5, 0.6) is 0 Å². The Balaban J connectivity index is 1.72. The number of hydrogen-bond donors (Lipinski definition) is 1. The molecule has 0 saturated heterocycles. The molecule has 114 valence electrons. The molecule has 0 spiro atoms. The monoisotopic (exact) mass is 302 g/mol. The molecule has 0 amide bonds. The predicted molar refractivity (Wildman–Crippen MR) is 92.0 cm³/mol. The fraction of sp³-hybridized carbons (Fsp3) is 0.611.